The van der Waals surface area contributed by atoms with E-state index in [0.717, 1.165) is 57.7 Å². The van der Waals surface area contributed by atoms with Crippen molar-refractivity contribution in [3.05, 3.63) is 30.1 Å². The lowest BCUT2D eigenvalue weighted by atomic mass is 9.92. The third-order valence-electron chi connectivity index (χ3n) is 5.02. The third-order valence-corrected chi connectivity index (χ3v) is 5.02. The number of amides is 1. The van der Waals surface area contributed by atoms with E-state index in [1.165, 1.54) is 12.1 Å². The molecule has 4 nitrogen and oxygen atoms in total. The van der Waals surface area contributed by atoms with Gasteiger partial charge in [-0.3, -0.25) is 4.79 Å². The maximum Gasteiger partial charge on any atom is 0.242 e. The number of hydrogen-bond donors (Lipinski definition) is 1. The second-order valence-electron chi connectivity index (χ2n) is 6.22. The van der Waals surface area contributed by atoms with Crippen molar-refractivity contribution >= 4 is 36.4 Å². The SMILES string of the molecule is CCC1(C(=O)N2CCN(c3ccc(F)cc3)CC2)CCCN1.Cl.Cl. The molecule has 1 N–H and O–H groups in total. The number of piperazine rings is 1. The van der Waals surface area contributed by atoms with Gasteiger partial charge in [0.2, 0.25) is 5.91 Å². The number of carbonyl (C=O) groups is 1. The lowest BCUT2D eigenvalue weighted by Crippen LogP contribution is -2.59. The molecular formula is C17H26Cl2FN3O. The Morgan fingerprint density at radius 2 is 1.79 bits per heavy atom. The van der Waals surface area contributed by atoms with Gasteiger partial charge in [0.15, 0.2) is 0 Å². The Morgan fingerprint density at radius 3 is 2.29 bits per heavy atom. The first-order valence-electron chi connectivity index (χ1n) is 8.19. The molecule has 2 aliphatic heterocycles. The van der Waals surface area contributed by atoms with Gasteiger partial charge in [-0.2, -0.15) is 0 Å². The molecule has 2 aliphatic rings. The molecule has 24 heavy (non-hydrogen) atoms. The molecule has 1 amide bonds. The third kappa shape index (κ3) is 4.13. The Hall–Kier alpha value is -1.04. The summed E-state index contributed by atoms with van der Waals surface area (Å²) in [4.78, 5) is 17.0. The van der Waals surface area contributed by atoms with Gasteiger partial charge >= 0.3 is 0 Å². The highest BCUT2D eigenvalue weighted by atomic mass is 35.5. The van der Waals surface area contributed by atoms with Gasteiger partial charge in [-0.25, -0.2) is 4.39 Å². The Bertz CT molecular complexity index is 527. The van der Waals surface area contributed by atoms with Gasteiger partial charge < -0.3 is 15.1 Å². The van der Waals surface area contributed by atoms with Crippen LogP contribution in [0.15, 0.2) is 24.3 Å². The molecule has 2 saturated heterocycles. The van der Waals surface area contributed by atoms with Crippen molar-refractivity contribution in [2.75, 3.05) is 37.6 Å². The first-order valence-corrected chi connectivity index (χ1v) is 8.19. The second kappa shape index (κ2) is 8.88. The van der Waals surface area contributed by atoms with Gasteiger partial charge in [-0.15, -0.1) is 24.8 Å². The lowest BCUT2D eigenvalue weighted by Gasteiger charge is -2.40. The van der Waals surface area contributed by atoms with Crippen LogP contribution in [0, 0.1) is 5.82 Å². The topological polar surface area (TPSA) is 35.6 Å². The molecule has 0 spiro atoms. The number of benzene rings is 1. The van der Waals surface area contributed by atoms with Gasteiger partial charge in [0.25, 0.3) is 0 Å². The predicted octanol–water partition coefficient (Wildman–Crippen LogP) is 2.85. The summed E-state index contributed by atoms with van der Waals surface area (Å²) in [5.74, 6) is 0.0426. The number of nitrogens with zero attached hydrogens (tertiary/aromatic N) is 2. The average molecular weight is 378 g/mol. The Balaban J connectivity index is 0.00000144. The highest BCUT2D eigenvalue weighted by Crippen LogP contribution is 2.26. The summed E-state index contributed by atoms with van der Waals surface area (Å²) in [6, 6.07) is 6.58. The van der Waals surface area contributed by atoms with Crippen molar-refractivity contribution in [3.63, 3.8) is 0 Å². The van der Waals surface area contributed by atoms with Crippen LogP contribution in [0.3, 0.4) is 0 Å². The number of rotatable bonds is 3. The van der Waals surface area contributed by atoms with Gasteiger partial charge in [0.05, 0.1) is 5.54 Å². The van der Waals surface area contributed by atoms with E-state index in [1.54, 1.807) is 12.1 Å². The monoisotopic (exact) mass is 377 g/mol. The van der Waals surface area contributed by atoms with E-state index in [1.807, 2.05) is 4.90 Å². The van der Waals surface area contributed by atoms with Crippen LogP contribution in [-0.2, 0) is 4.79 Å². The van der Waals surface area contributed by atoms with Crippen LogP contribution in [0.25, 0.3) is 0 Å². The molecule has 2 fully saturated rings. The van der Waals surface area contributed by atoms with Crippen molar-refractivity contribution in [1.29, 1.82) is 0 Å². The minimum Gasteiger partial charge on any atom is -0.368 e. The van der Waals surface area contributed by atoms with E-state index < -0.39 is 0 Å². The van der Waals surface area contributed by atoms with Gasteiger partial charge in [0.1, 0.15) is 5.82 Å². The molecule has 136 valence electrons. The van der Waals surface area contributed by atoms with E-state index in [0.29, 0.717) is 0 Å². The molecule has 1 unspecified atom stereocenters. The number of nitrogens with one attached hydrogen (secondary N) is 1. The van der Waals surface area contributed by atoms with E-state index >= 15 is 0 Å². The van der Waals surface area contributed by atoms with E-state index in [9.17, 15) is 9.18 Å². The minimum absolute atomic E-state index is 0. The summed E-state index contributed by atoms with van der Waals surface area (Å²) in [7, 11) is 0. The standard InChI is InChI=1S/C17H24FN3O.2ClH/c1-2-17(8-3-9-19-17)16(22)21-12-10-20(11-13-21)15-6-4-14(18)5-7-15;;/h4-7,19H,2-3,8-13H2,1H3;2*1H. The molecule has 0 saturated carbocycles. The fraction of sp³-hybridized carbons (Fsp3) is 0.588. The first kappa shape index (κ1) is 21.0. The maximum atomic E-state index is 13.0. The van der Waals surface area contributed by atoms with Crippen molar-refractivity contribution in [3.8, 4) is 0 Å². The molecule has 1 atom stereocenters. The number of anilines is 1. The van der Waals surface area contributed by atoms with Crippen LogP contribution >= 0.6 is 24.8 Å². The van der Waals surface area contributed by atoms with Crippen LogP contribution in [0.2, 0.25) is 0 Å². The normalized spacial score (nSPS) is 23.4. The van der Waals surface area contributed by atoms with E-state index in [2.05, 4.69) is 17.1 Å². The number of halogens is 3. The maximum absolute atomic E-state index is 13.0. The van der Waals surface area contributed by atoms with Gasteiger partial charge in [0, 0.05) is 31.9 Å². The number of hydrogen-bond acceptors (Lipinski definition) is 3. The quantitative estimate of drug-likeness (QED) is 0.879. The lowest BCUT2D eigenvalue weighted by molar-refractivity contribution is -0.138. The Morgan fingerprint density at radius 1 is 1.17 bits per heavy atom. The van der Waals surface area contributed by atoms with Crippen molar-refractivity contribution in [1.82, 2.24) is 10.2 Å². The molecule has 0 aromatic heterocycles. The molecule has 3 rings (SSSR count). The molecule has 0 bridgehead atoms. The summed E-state index contributed by atoms with van der Waals surface area (Å²) >= 11 is 0. The molecule has 0 radical (unpaired) electrons. The van der Waals surface area contributed by atoms with Crippen LogP contribution in [0.5, 0.6) is 0 Å². The minimum atomic E-state index is -0.335. The predicted molar refractivity (Wildman–Crippen MR) is 99.9 cm³/mol. The van der Waals surface area contributed by atoms with Crippen molar-refractivity contribution in [2.45, 2.75) is 31.7 Å². The molecule has 7 heteroatoms. The van der Waals surface area contributed by atoms with Crippen molar-refractivity contribution < 1.29 is 9.18 Å². The Labute approximate surface area is 155 Å². The Kier molecular flexibility index (Phi) is 7.77. The summed E-state index contributed by atoms with van der Waals surface area (Å²) in [5.41, 5.74) is 0.690. The van der Waals surface area contributed by atoms with Crippen LogP contribution in [-0.4, -0.2) is 49.1 Å². The first-order chi connectivity index (χ1) is 10.6. The molecular weight excluding hydrogens is 352 g/mol. The summed E-state index contributed by atoms with van der Waals surface area (Å²) < 4.78 is 13.0. The fourth-order valence-electron chi connectivity index (χ4n) is 3.56. The highest BCUT2D eigenvalue weighted by Gasteiger charge is 2.42. The second-order valence-corrected chi connectivity index (χ2v) is 6.22. The highest BCUT2D eigenvalue weighted by molar-refractivity contribution is 5.87. The van der Waals surface area contributed by atoms with Crippen LogP contribution in [0.1, 0.15) is 26.2 Å². The summed E-state index contributed by atoms with van der Waals surface area (Å²) in [5, 5.41) is 3.42. The summed E-state index contributed by atoms with van der Waals surface area (Å²) in [6.07, 6.45) is 2.87. The largest absolute Gasteiger partial charge is 0.368 e. The summed E-state index contributed by atoms with van der Waals surface area (Å²) in [6.45, 7) is 6.10. The fourth-order valence-corrected chi connectivity index (χ4v) is 3.56. The molecule has 2 heterocycles. The number of carbonyl (C=O) groups excluding carboxylic acids is 1. The molecule has 1 aromatic rings. The molecule has 0 aliphatic carbocycles. The van der Waals surface area contributed by atoms with Crippen LogP contribution in [0.4, 0.5) is 10.1 Å². The smallest absolute Gasteiger partial charge is 0.242 e. The zero-order valence-corrected chi connectivity index (χ0v) is 15.6. The molecule has 1 aromatic carbocycles. The average Bonchev–Trinajstić information content (AvgIpc) is 3.05. The van der Waals surface area contributed by atoms with Crippen molar-refractivity contribution in [2.24, 2.45) is 0 Å². The zero-order valence-electron chi connectivity index (χ0n) is 14.0. The van der Waals surface area contributed by atoms with Gasteiger partial charge in [-0.1, -0.05) is 6.92 Å². The van der Waals surface area contributed by atoms with Crippen LogP contribution < -0.4 is 10.2 Å². The zero-order chi connectivity index (χ0) is 15.6. The van der Waals surface area contributed by atoms with Gasteiger partial charge in [-0.05, 0) is 50.1 Å². The van der Waals surface area contributed by atoms with E-state index in [-0.39, 0.29) is 42.1 Å². The van der Waals surface area contributed by atoms with E-state index in [4.69, 9.17) is 0 Å².